The first-order valence-corrected chi connectivity index (χ1v) is 9.53. The molecule has 2 heterocycles. The number of ketones is 1. The zero-order valence-corrected chi connectivity index (χ0v) is 16.7. The van der Waals surface area contributed by atoms with Crippen molar-refractivity contribution in [3.05, 3.63) is 65.4 Å². The molecule has 0 N–H and O–H groups in total. The van der Waals surface area contributed by atoms with Crippen LogP contribution >= 0.6 is 0 Å². The molecule has 0 fully saturated rings. The molecule has 2 aromatic carbocycles. The maximum absolute atomic E-state index is 12.5. The molecule has 29 heavy (non-hydrogen) atoms. The van der Waals surface area contributed by atoms with Crippen LogP contribution in [0.2, 0.25) is 0 Å². The van der Waals surface area contributed by atoms with Crippen molar-refractivity contribution in [2.24, 2.45) is 0 Å². The van der Waals surface area contributed by atoms with Gasteiger partial charge in [-0.15, -0.1) is 0 Å². The summed E-state index contributed by atoms with van der Waals surface area (Å²) in [6.07, 6.45) is 1.57. The lowest BCUT2D eigenvalue weighted by Crippen LogP contribution is -2.25. The molecule has 0 aromatic heterocycles. The summed E-state index contributed by atoms with van der Waals surface area (Å²) in [6.45, 7) is 4.75. The number of allylic oxidation sites excluding steroid dienone is 1. The lowest BCUT2D eigenvalue weighted by molar-refractivity contribution is -0.117. The van der Waals surface area contributed by atoms with Crippen LogP contribution < -0.4 is 14.4 Å². The van der Waals surface area contributed by atoms with Gasteiger partial charge in [-0.05, 0) is 29.8 Å². The topological polar surface area (TPSA) is 65.1 Å². The summed E-state index contributed by atoms with van der Waals surface area (Å²) < 4.78 is 16.1. The first-order chi connectivity index (χ1) is 13.9. The molecule has 0 amide bonds. The molecule has 0 unspecified atom stereocenters. The van der Waals surface area contributed by atoms with Crippen LogP contribution in [0, 0.1) is 0 Å². The molecule has 0 saturated heterocycles. The summed E-state index contributed by atoms with van der Waals surface area (Å²) in [7, 11) is 1.94. The number of esters is 1. The highest BCUT2D eigenvalue weighted by Crippen LogP contribution is 2.46. The number of fused-ring (bicyclic) bond motifs is 2. The van der Waals surface area contributed by atoms with E-state index in [0.29, 0.717) is 30.3 Å². The number of nitrogens with zero attached hydrogens (tertiary/aromatic N) is 1. The van der Waals surface area contributed by atoms with E-state index in [1.54, 1.807) is 24.3 Å². The van der Waals surface area contributed by atoms with Gasteiger partial charge in [-0.25, -0.2) is 4.79 Å². The van der Waals surface area contributed by atoms with Crippen molar-refractivity contribution in [2.75, 3.05) is 31.8 Å². The van der Waals surface area contributed by atoms with Gasteiger partial charge < -0.3 is 19.1 Å². The molecule has 6 heteroatoms. The number of anilines is 1. The molecule has 2 aliphatic heterocycles. The normalized spacial score (nSPS) is 17.8. The number of likely N-dealkylation sites (N-methyl/N-ethyl adjacent to an activating group) is 1. The van der Waals surface area contributed by atoms with Gasteiger partial charge in [-0.1, -0.05) is 32.0 Å². The van der Waals surface area contributed by atoms with Crippen LogP contribution in [0.3, 0.4) is 0 Å². The van der Waals surface area contributed by atoms with Crippen LogP contribution in [0.1, 0.15) is 29.8 Å². The smallest absolute Gasteiger partial charge is 0.338 e. The van der Waals surface area contributed by atoms with E-state index >= 15 is 0 Å². The van der Waals surface area contributed by atoms with Crippen molar-refractivity contribution >= 4 is 17.4 Å². The van der Waals surface area contributed by atoms with Crippen LogP contribution in [-0.2, 0) is 14.9 Å². The molecule has 0 spiro atoms. The highest BCUT2D eigenvalue weighted by Gasteiger charge is 2.38. The Kier molecular flexibility index (Phi) is 4.78. The zero-order chi connectivity index (χ0) is 20.6. The zero-order valence-electron chi connectivity index (χ0n) is 16.7. The van der Waals surface area contributed by atoms with E-state index in [1.807, 2.05) is 30.1 Å². The van der Waals surface area contributed by atoms with E-state index in [2.05, 4.69) is 19.9 Å². The number of hydrogen-bond donors (Lipinski definition) is 0. The minimum atomic E-state index is -0.573. The molecular formula is C23H23NO5. The summed E-state index contributed by atoms with van der Waals surface area (Å²) in [5.74, 6) is 0.264. The van der Waals surface area contributed by atoms with Crippen molar-refractivity contribution in [3.8, 4) is 11.5 Å². The number of para-hydroxylation sites is 1. The Bertz CT molecular complexity index is 1010. The van der Waals surface area contributed by atoms with Gasteiger partial charge in [-0.3, -0.25) is 4.79 Å². The van der Waals surface area contributed by atoms with Crippen LogP contribution in [0.25, 0.3) is 0 Å². The van der Waals surface area contributed by atoms with Gasteiger partial charge in [0.2, 0.25) is 0 Å². The molecule has 0 saturated carbocycles. The fraction of sp³-hybridized carbons (Fsp3) is 0.304. The second-order valence-corrected chi connectivity index (χ2v) is 7.63. The summed E-state index contributed by atoms with van der Waals surface area (Å²) in [5, 5.41) is 0. The monoisotopic (exact) mass is 393 g/mol. The molecule has 0 radical (unpaired) electrons. The van der Waals surface area contributed by atoms with Crippen molar-refractivity contribution in [1.29, 1.82) is 0 Å². The highest BCUT2D eigenvalue weighted by molar-refractivity contribution is 5.96. The molecule has 2 aromatic rings. The number of hydrogen-bond acceptors (Lipinski definition) is 6. The van der Waals surface area contributed by atoms with Gasteiger partial charge in [0.05, 0.1) is 5.56 Å². The standard InChI is InChI=1S/C23H23NO5/c1-23(2)17-6-4-5-7-18(17)24(3)21(23)13-16(25)14-29-22(26)15-8-9-19-20(12-15)28-11-10-27-19/h4-9,12-13H,10-11,14H2,1-3H3/b21-13+. The average Bonchev–Trinajstić information content (AvgIpc) is 2.92. The quantitative estimate of drug-likeness (QED) is 0.585. The van der Waals surface area contributed by atoms with E-state index in [9.17, 15) is 9.59 Å². The van der Waals surface area contributed by atoms with Crippen LogP contribution in [0.5, 0.6) is 11.5 Å². The first-order valence-electron chi connectivity index (χ1n) is 9.53. The molecule has 0 bridgehead atoms. The summed E-state index contributed by atoms with van der Waals surface area (Å²) in [5.41, 5.74) is 3.13. The maximum atomic E-state index is 12.5. The third-order valence-corrected chi connectivity index (χ3v) is 5.36. The SMILES string of the molecule is CN1/C(=C/C(=O)COC(=O)c2ccc3c(c2)OCCO3)C(C)(C)c2ccccc21. The summed E-state index contributed by atoms with van der Waals surface area (Å²) >= 11 is 0. The average molecular weight is 393 g/mol. The lowest BCUT2D eigenvalue weighted by Gasteiger charge is -2.23. The number of carbonyl (C=O) groups excluding carboxylic acids is 2. The van der Waals surface area contributed by atoms with E-state index in [-0.39, 0.29) is 17.8 Å². The second-order valence-electron chi connectivity index (χ2n) is 7.63. The van der Waals surface area contributed by atoms with Gasteiger partial charge in [0.1, 0.15) is 13.2 Å². The molecule has 0 atom stereocenters. The van der Waals surface area contributed by atoms with Gasteiger partial charge in [0, 0.05) is 29.9 Å². The van der Waals surface area contributed by atoms with Crippen molar-refractivity contribution in [3.63, 3.8) is 0 Å². The largest absolute Gasteiger partial charge is 0.486 e. The van der Waals surface area contributed by atoms with E-state index in [4.69, 9.17) is 14.2 Å². The van der Waals surface area contributed by atoms with E-state index in [1.165, 1.54) is 0 Å². The minimum absolute atomic E-state index is 0.265. The Morgan fingerprint density at radius 3 is 2.59 bits per heavy atom. The Balaban J connectivity index is 1.45. The Hall–Kier alpha value is -3.28. The summed E-state index contributed by atoms with van der Waals surface area (Å²) in [4.78, 5) is 26.9. The second kappa shape index (κ2) is 7.28. The van der Waals surface area contributed by atoms with Gasteiger partial charge in [-0.2, -0.15) is 0 Å². The summed E-state index contributed by atoms with van der Waals surface area (Å²) in [6, 6.07) is 12.9. The third kappa shape index (κ3) is 3.46. The number of ether oxygens (including phenoxy) is 3. The molecular weight excluding hydrogens is 370 g/mol. The van der Waals surface area contributed by atoms with E-state index in [0.717, 1.165) is 16.9 Å². The van der Waals surface area contributed by atoms with Crippen molar-refractivity contribution in [2.45, 2.75) is 19.3 Å². The fourth-order valence-corrected chi connectivity index (χ4v) is 3.84. The molecule has 2 aliphatic rings. The van der Waals surface area contributed by atoms with Crippen LogP contribution in [0.4, 0.5) is 5.69 Å². The number of benzene rings is 2. The molecule has 150 valence electrons. The number of rotatable bonds is 4. The Morgan fingerprint density at radius 1 is 1.10 bits per heavy atom. The first kappa shape index (κ1) is 19.1. The lowest BCUT2D eigenvalue weighted by atomic mass is 9.83. The van der Waals surface area contributed by atoms with Crippen LogP contribution in [0.15, 0.2) is 54.2 Å². The van der Waals surface area contributed by atoms with Gasteiger partial charge in [0.15, 0.2) is 23.9 Å². The Morgan fingerprint density at radius 2 is 1.83 bits per heavy atom. The number of carbonyl (C=O) groups is 2. The van der Waals surface area contributed by atoms with Crippen molar-refractivity contribution in [1.82, 2.24) is 0 Å². The molecule has 4 rings (SSSR count). The van der Waals surface area contributed by atoms with E-state index < -0.39 is 5.97 Å². The minimum Gasteiger partial charge on any atom is -0.486 e. The van der Waals surface area contributed by atoms with Gasteiger partial charge in [0.25, 0.3) is 0 Å². The van der Waals surface area contributed by atoms with Crippen LogP contribution in [-0.4, -0.2) is 38.6 Å². The predicted octanol–water partition coefficient (Wildman–Crippen LogP) is 3.50. The van der Waals surface area contributed by atoms with Crippen molar-refractivity contribution < 1.29 is 23.8 Å². The predicted molar refractivity (Wildman–Crippen MR) is 109 cm³/mol. The molecule has 6 nitrogen and oxygen atoms in total. The maximum Gasteiger partial charge on any atom is 0.338 e. The third-order valence-electron chi connectivity index (χ3n) is 5.36. The highest BCUT2D eigenvalue weighted by atomic mass is 16.6. The fourth-order valence-electron chi connectivity index (χ4n) is 3.84. The Labute approximate surface area is 169 Å². The molecule has 0 aliphatic carbocycles. The van der Waals surface area contributed by atoms with Gasteiger partial charge >= 0.3 is 5.97 Å².